The van der Waals surface area contributed by atoms with Gasteiger partial charge in [0.05, 0.1) is 0 Å². The van der Waals surface area contributed by atoms with Gasteiger partial charge in [-0.2, -0.15) is 0 Å². The summed E-state index contributed by atoms with van der Waals surface area (Å²) in [6, 6.07) is 0.497. The zero-order chi connectivity index (χ0) is 13.4. The van der Waals surface area contributed by atoms with E-state index in [2.05, 4.69) is 24.5 Å². The fourth-order valence-electron chi connectivity index (χ4n) is 2.02. The van der Waals surface area contributed by atoms with Gasteiger partial charge in [-0.15, -0.1) is 0 Å². The second-order valence-electron chi connectivity index (χ2n) is 5.73. The Morgan fingerprint density at radius 3 is 2.67 bits per heavy atom. The lowest BCUT2D eigenvalue weighted by atomic mass is 10.0. The molecule has 0 heterocycles. The topological polar surface area (TPSA) is 50.4 Å². The fourth-order valence-corrected chi connectivity index (χ4v) is 2.02. The van der Waals surface area contributed by atoms with Gasteiger partial charge in [0.15, 0.2) is 0 Å². The lowest BCUT2D eigenvalue weighted by Gasteiger charge is -2.15. The van der Waals surface area contributed by atoms with Crippen LogP contribution in [0.4, 0.5) is 0 Å². The molecule has 0 bridgehead atoms. The van der Waals surface area contributed by atoms with Crippen molar-refractivity contribution in [3.63, 3.8) is 0 Å². The average Bonchev–Trinajstić information content (AvgIpc) is 3.10. The molecule has 1 aliphatic rings. The van der Waals surface area contributed by atoms with Crippen molar-refractivity contribution in [3.8, 4) is 0 Å². The molecule has 0 aliphatic heterocycles. The first-order valence-electron chi connectivity index (χ1n) is 7.07. The van der Waals surface area contributed by atoms with Crippen LogP contribution in [-0.2, 0) is 9.53 Å². The summed E-state index contributed by atoms with van der Waals surface area (Å²) in [6.45, 7) is 6.78. The number of hydrogen-bond acceptors (Lipinski definition) is 3. The summed E-state index contributed by atoms with van der Waals surface area (Å²) in [6.07, 6.45) is 5.06. The Morgan fingerprint density at radius 1 is 1.39 bits per heavy atom. The first-order chi connectivity index (χ1) is 8.58. The van der Waals surface area contributed by atoms with Crippen LogP contribution >= 0.6 is 0 Å². The summed E-state index contributed by atoms with van der Waals surface area (Å²) in [5.74, 6) is 0.184. The van der Waals surface area contributed by atoms with Crippen LogP contribution in [0, 0.1) is 5.41 Å². The van der Waals surface area contributed by atoms with Crippen molar-refractivity contribution in [1.82, 2.24) is 10.6 Å². The standard InChI is InChI=1S/C14H28N2O2/c1-12(2)15-9-4-5-13(17)16-11-14(6-7-14)8-10-18-3/h12,15H,4-11H2,1-3H3,(H,16,17). The summed E-state index contributed by atoms with van der Waals surface area (Å²) in [5, 5.41) is 6.38. The second-order valence-corrected chi connectivity index (χ2v) is 5.73. The van der Waals surface area contributed by atoms with E-state index in [1.54, 1.807) is 7.11 Å². The van der Waals surface area contributed by atoms with Gasteiger partial charge in [-0.05, 0) is 37.6 Å². The van der Waals surface area contributed by atoms with Gasteiger partial charge >= 0.3 is 0 Å². The molecule has 0 atom stereocenters. The Bertz CT molecular complexity index is 250. The van der Waals surface area contributed by atoms with Crippen molar-refractivity contribution < 1.29 is 9.53 Å². The van der Waals surface area contributed by atoms with E-state index in [4.69, 9.17) is 4.74 Å². The molecule has 1 saturated carbocycles. The molecule has 0 aromatic heterocycles. The van der Waals surface area contributed by atoms with Crippen LogP contribution in [0.3, 0.4) is 0 Å². The summed E-state index contributed by atoms with van der Waals surface area (Å²) >= 11 is 0. The third-order valence-corrected chi connectivity index (χ3v) is 3.59. The van der Waals surface area contributed by atoms with Crippen molar-refractivity contribution in [2.24, 2.45) is 5.41 Å². The molecule has 1 fully saturated rings. The third kappa shape index (κ3) is 6.36. The van der Waals surface area contributed by atoms with Crippen molar-refractivity contribution in [1.29, 1.82) is 0 Å². The Labute approximate surface area is 111 Å². The molecule has 0 aromatic carbocycles. The highest BCUT2D eigenvalue weighted by Gasteiger charge is 2.41. The molecular formula is C14H28N2O2. The molecule has 18 heavy (non-hydrogen) atoms. The van der Waals surface area contributed by atoms with Crippen LogP contribution in [0.1, 0.15) is 46.0 Å². The second kappa shape index (κ2) is 7.74. The molecule has 1 rings (SSSR count). The van der Waals surface area contributed by atoms with E-state index < -0.39 is 0 Å². The Morgan fingerprint density at radius 2 is 2.11 bits per heavy atom. The van der Waals surface area contributed by atoms with Gasteiger partial charge in [0.1, 0.15) is 0 Å². The van der Waals surface area contributed by atoms with Crippen LogP contribution in [-0.4, -0.2) is 38.8 Å². The molecule has 0 radical (unpaired) electrons. The normalized spacial score (nSPS) is 16.9. The van der Waals surface area contributed by atoms with Crippen LogP contribution < -0.4 is 10.6 Å². The molecule has 0 saturated heterocycles. The summed E-state index contributed by atoms with van der Waals surface area (Å²) in [4.78, 5) is 11.7. The quantitative estimate of drug-likeness (QED) is 0.585. The number of carbonyl (C=O) groups excluding carboxylic acids is 1. The van der Waals surface area contributed by atoms with E-state index in [1.807, 2.05) is 0 Å². The summed E-state index contributed by atoms with van der Waals surface area (Å²) in [7, 11) is 1.73. The van der Waals surface area contributed by atoms with E-state index in [9.17, 15) is 4.79 Å². The zero-order valence-corrected chi connectivity index (χ0v) is 12.1. The molecule has 0 unspecified atom stereocenters. The average molecular weight is 256 g/mol. The maximum Gasteiger partial charge on any atom is 0.220 e. The van der Waals surface area contributed by atoms with Crippen molar-refractivity contribution in [2.75, 3.05) is 26.8 Å². The number of nitrogens with one attached hydrogen (secondary N) is 2. The van der Waals surface area contributed by atoms with Crippen LogP contribution in [0.2, 0.25) is 0 Å². The molecule has 0 spiro atoms. The minimum Gasteiger partial charge on any atom is -0.385 e. The van der Waals surface area contributed by atoms with Gasteiger partial charge in [-0.25, -0.2) is 0 Å². The van der Waals surface area contributed by atoms with E-state index >= 15 is 0 Å². The van der Waals surface area contributed by atoms with Crippen molar-refractivity contribution >= 4 is 5.91 Å². The third-order valence-electron chi connectivity index (χ3n) is 3.59. The van der Waals surface area contributed by atoms with Gasteiger partial charge in [0.2, 0.25) is 5.91 Å². The first kappa shape index (κ1) is 15.4. The first-order valence-corrected chi connectivity index (χ1v) is 7.07. The number of rotatable bonds is 10. The van der Waals surface area contributed by atoms with Gasteiger partial charge in [0, 0.05) is 32.7 Å². The minimum atomic E-state index is 0.184. The van der Waals surface area contributed by atoms with Crippen LogP contribution in [0.5, 0.6) is 0 Å². The predicted molar refractivity (Wildman–Crippen MR) is 73.5 cm³/mol. The Balaban J connectivity index is 2.03. The van der Waals surface area contributed by atoms with Crippen molar-refractivity contribution in [3.05, 3.63) is 0 Å². The zero-order valence-electron chi connectivity index (χ0n) is 12.1. The van der Waals surface area contributed by atoms with Crippen LogP contribution in [0.15, 0.2) is 0 Å². The smallest absolute Gasteiger partial charge is 0.220 e. The highest BCUT2D eigenvalue weighted by atomic mass is 16.5. The van der Waals surface area contributed by atoms with Gasteiger partial charge in [0.25, 0.3) is 0 Å². The van der Waals surface area contributed by atoms with Gasteiger partial charge in [-0.1, -0.05) is 13.8 Å². The van der Waals surface area contributed by atoms with E-state index in [-0.39, 0.29) is 5.91 Å². The number of methoxy groups -OCH3 is 1. The van der Waals surface area contributed by atoms with E-state index in [0.717, 1.165) is 32.5 Å². The number of ether oxygens (including phenoxy) is 1. The number of hydrogen-bond donors (Lipinski definition) is 2. The summed E-state index contributed by atoms with van der Waals surface area (Å²) < 4.78 is 5.11. The highest BCUT2D eigenvalue weighted by molar-refractivity contribution is 5.75. The largest absolute Gasteiger partial charge is 0.385 e. The van der Waals surface area contributed by atoms with Crippen LogP contribution in [0.25, 0.3) is 0 Å². The lowest BCUT2D eigenvalue weighted by Crippen LogP contribution is -2.31. The van der Waals surface area contributed by atoms with E-state index in [0.29, 0.717) is 17.9 Å². The highest BCUT2D eigenvalue weighted by Crippen LogP contribution is 2.48. The number of amides is 1. The fraction of sp³-hybridized carbons (Fsp3) is 0.929. The Hall–Kier alpha value is -0.610. The van der Waals surface area contributed by atoms with Crippen molar-refractivity contribution in [2.45, 2.75) is 52.0 Å². The maximum atomic E-state index is 11.7. The van der Waals surface area contributed by atoms with E-state index in [1.165, 1.54) is 12.8 Å². The molecule has 106 valence electrons. The van der Waals surface area contributed by atoms with Gasteiger partial charge < -0.3 is 15.4 Å². The number of carbonyl (C=O) groups is 1. The summed E-state index contributed by atoms with van der Waals surface area (Å²) in [5.41, 5.74) is 0.349. The molecule has 0 aromatic rings. The SMILES string of the molecule is COCCC1(CNC(=O)CCCNC(C)C)CC1. The molecular weight excluding hydrogens is 228 g/mol. The molecule has 4 nitrogen and oxygen atoms in total. The molecule has 1 aliphatic carbocycles. The molecule has 4 heteroatoms. The maximum absolute atomic E-state index is 11.7. The molecule has 1 amide bonds. The monoisotopic (exact) mass is 256 g/mol. The van der Waals surface area contributed by atoms with Gasteiger partial charge in [-0.3, -0.25) is 4.79 Å². The predicted octanol–water partition coefficient (Wildman–Crippen LogP) is 1.70. The molecule has 2 N–H and O–H groups in total. The minimum absolute atomic E-state index is 0.184. The Kier molecular flexibility index (Phi) is 6.65. The lowest BCUT2D eigenvalue weighted by molar-refractivity contribution is -0.121.